The first-order valence-corrected chi connectivity index (χ1v) is 11.9. The summed E-state index contributed by atoms with van der Waals surface area (Å²) < 4.78 is 5.31. The van der Waals surface area contributed by atoms with Crippen molar-refractivity contribution in [1.82, 2.24) is 20.4 Å². The van der Waals surface area contributed by atoms with Crippen LogP contribution in [0.1, 0.15) is 44.6 Å². The van der Waals surface area contributed by atoms with Gasteiger partial charge in [-0.15, -0.1) is 0 Å². The molecule has 0 spiro atoms. The van der Waals surface area contributed by atoms with E-state index in [9.17, 15) is 14.4 Å². The zero-order valence-corrected chi connectivity index (χ0v) is 20.3. The molecule has 0 fully saturated rings. The molecular weight excluding hydrogens is 456 g/mol. The minimum absolute atomic E-state index is 0.172. The zero-order valence-electron chi connectivity index (χ0n) is 19.5. The summed E-state index contributed by atoms with van der Waals surface area (Å²) in [7, 11) is 0. The Hall–Kier alpha value is -3.26. The number of rotatable bonds is 8. The van der Waals surface area contributed by atoms with Gasteiger partial charge in [-0.2, -0.15) is 0 Å². The summed E-state index contributed by atoms with van der Waals surface area (Å²) in [4.78, 5) is 43.1. The van der Waals surface area contributed by atoms with E-state index in [0.717, 1.165) is 0 Å². The number of nitrogens with zero attached hydrogens (tertiary/aromatic N) is 2. The Morgan fingerprint density at radius 1 is 1.24 bits per heavy atom. The van der Waals surface area contributed by atoms with Crippen molar-refractivity contribution in [3.63, 3.8) is 0 Å². The van der Waals surface area contributed by atoms with Gasteiger partial charge in [-0.1, -0.05) is 43.6 Å². The highest BCUT2D eigenvalue weighted by Gasteiger charge is 2.47. The van der Waals surface area contributed by atoms with Gasteiger partial charge >= 0.3 is 6.03 Å². The summed E-state index contributed by atoms with van der Waals surface area (Å²) in [5.74, 6) is 0.283. The second kappa shape index (κ2) is 9.93. The molecule has 8 nitrogen and oxygen atoms in total. The Bertz CT molecular complexity index is 1110. The number of carbonyl (C=O) groups excluding carboxylic acids is 3. The van der Waals surface area contributed by atoms with Crippen molar-refractivity contribution in [2.24, 2.45) is 5.92 Å². The van der Waals surface area contributed by atoms with Crippen LogP contribution in [-0.2, 0) is 16.1 Å². The van der Waals surface area contributed by atoms with Crippen molar-refractivity contribution in [3.8, 4) is 0 Å². The lowest BCUT2D eigenvalue weighted by Gasteiger charge is -2.33. The Balaban J connectivity index is 1.66. The van der Waals surface area contributed by atoms with Crippen molar-refractivity contribution in [2.45, 2.75) is 45.8 Å². The maximum absolute atomic E-state index is 13.8. The highest BCUT2D eigenvalue weighted by Crippen LogP contribution is 2.39. The summed E-state index contributed by atoms with van der Waals surface area (Å²) in [6.07, 6.45) is 2.04. The normalized spacial score (nSPS) is 18.9. The molecule has 4 rings (SSSR count). The number of urea groups is 1. The van der Waals surface area contributed by atoms with Gasteiger partial charge in [0.1, 0.15) is 11.8 Å². The van der Waals surface area contributed by atoms with Crippen LogP contribution in [0.4, 0.5) is 4.79 Å². The number of amides is 4. The lowest BCUT2D eigenvalue weighted by molar-refractivity contribution is -0.137. The van der Waals surface area contributed by atoms with E-state index < -0.39 is 12.1 Å². The van der Waals surface area contributed by atoms with Crippen LogP contribution in [0, 0.1) is 5.92 Å². The largest absolute Gasteiger partial charge is 0.467 e. The number of hydrogen-bond acceptors (Lipinski definition) is 4. The number of likely N-dealkylation sites (N-methyl/N-ethyl adjacent to an activating group) is 1. The third kappa shape index (κ3) is 4.55. The topological polar surface area (TPSA) is 94.9 Å². The van der Waals surface area contributed by atoms with Crippen LogP contribution in [0.2, 0.25) is 5.02 Å². The number of halogens is 1. The van der Waals surface area contributed by atoms with E-state index in [-0.39, 0.29) is 36.9 Å². The van der Waals surface area contributed by atoms with Crippen molar-refractivity contribution < 1.29 is 18.8 Å². The number of hydrogen-bond donors (Lipinski definition) is 2. The lowest BCUT2D eigenvalue weighted by Crippen LogP contribution is -2.49. The molecule has 2 aliphatic heterocycles. The minimum atomic E-state index is -0.686. The monoisotopic (exact) mass is 484 g/mol. The number of benzene rings is 1. The van der Waals surface area contributed by atoms with E-state index in [1.165, 1.54) is 0 Å². The molecule has 9 heteroatoms. The van der Waals surface area contributed by atoms with E-state index in [4.69, 9.17) is 16.0 Å². The van der Waals surface area contributed by atoms with Gasteiger partial charge in [0.15, 0.2) is 0 Å². The highest BCUT2D eigenvalue weighted by atomic mass is 35.5. The fourth-order valence-electron chi connectivity index (χ4n) is 4.57. The van der Waals surface area contributed by atoms with Crippen molar-refractivity contribution in [3.05, 3.63) is 70.3 Å². The molecule has 2 aromatic rings. The smallest absolute Gasteiger partial charge is 0.322 e. The van der Waals surface area contributed by atoms with Gasteiger partial charge < -0.3 is 20.0 Å². The summed E-state index contributed by atoms with van der Waals surface area (Å²) >= 11 is 6.44. The Morgan fingerprint density at radius 2 is 2.00 bits per heavy atom. The quantitative estimate of drug-likeness (QED) is 0.595. The van der Waals surface area contributed by atoms with Gasteiger partial charge in [-0.25, -0.2) is 4.79 Å². The zero-order chi connectivity index (χ0) is 24.4. The Kier molecular flexibility index (Phi) is 6.97. The minimum Gasteiger partial charge on any atom is -0.467 e. The predicted octanol–water partition coefficient (Wildman–Crippen LogP) is 3.85. The first-order chi connectivity index (χ1) is 16.3. The predicted molar refractivity (Wildman–Crippen MR) is 128 cm³/mol. The summed E-state index contributed by atoms with van der Waals surface area (Å²) in [5.41, 5.74) is 1.73. The fourth-order valence-corrected chi connectivity index (χ4v) is 4.81. The molecule has 0 saturated carbocycles. The number of nitrogens with one attached hydrogen (secondary N) is 2. The molecule has 4 amide bonds. The average molecular weight is 485 g/mol. The molecule has 0 aliphatic carbocycles. The van der Waals surface area contributed by atoms with Gasteiger partial charge in [0.2, 0.25) is 5.91 Å². The van der Waals surface area contributed by atoms with E-state index in [0.29, 0.717) is 40.6 Å². The third-order valence-electron chi connectivity index (χ3n) is 6.17. The molecule has 0 unspecified atom stereocenters. The van der Waals surface area contributed by atoms with Crippen LogP contribution >= 0.6 is 11.6 Å². The number of furan rings is 1. The van der Waals surface area contributed by atoms with Crippen LogP contribution in [0.15, 0.2) is 58.3 Å². The molecule has 1 aromatic carbocycles. The molecule has 2 N–H and O–H groups in total. The maximum Gasteiger partial charge on any atom is 0.322 e. The molecular formula is C25H29ClN4O4. The summed E-state index contributed by atoms with van der Waals surface area (Å²) in [6.45, 7) is 6.70. The van der Waals surface area contributed by atoms with Crippen molar-refractivity contribution in [2.75, 3.05) is 13.1 Å². The van der Waals surface area contributed by atoms with Crippen molar-refractivity contribution in [1.29, 1.82) is 0 Å². The molecule has 34 heavy (non-hydrogen) atoms. The van der Waals surface area contributed by atoms with Gasteiger partial charge in [0, 0.05) is 11.6 Å². The van der Waals surface area contributed by atoms with E-state index in [2.05, 4.69) is 10.6 Å². The third-order valence-corrected chi connectivity index (χ3v) is 6.52. The molecule has 1 aromatic heterocycles. The van der Waals surface area contributed by atoms with Crippen LogP contribution in [0.25, 0.3) is 0 Å². The fraction of sp³-hybridized carbons (Fsp3) is 0.400. The maximum atomic E-state index is 13.8. The highest BCUT2D eigenvalue weighted by molar-refractivity contribution is 6.31. The molecule has 0 radical (unpaired) electrons. The first-order valence-electron chi connectivity index (χ1n) is 11.5. The molecule has 3 heterocycles. The van der Waals surface area contributed by atoms with E-state index in [1.54, 1.807) is 46.4 Å². The molecule has 180 valence electrons. The standard InChI is InChI=1S/C25H29ClN4O4/c1-4-29-20-14-30(19(12-15(2)3)23(31)27-13-16-8-7-11-34-16)24(32)21(20)22(28-25(29)33)17-9-5-6-10-18(17)26/h5-11,15,19,22H,4,12-14H2,1-3H3,(H,27,31)(H,28,33)/t19-,22+/m1/s1. The molecule has 0 saturated heterocycles. The number of carbonyl (C=O) groups is 3. The lowest BCUT2D eigenvalue weighted by atomic mass is 9.95. The second-order valence-corrected chi connectivity index (χ2v) is 9.29. The second-order valence-electron chi connectivity index (χ2n) is 8.88. The first kappa shape index (κ1) is 23.9. The van der Waals surface area contributed by atoms with Crippen LogP contribution in [0.3, 0.4) is 0 Å². The Labute approximate surface area is 203 Å². The van der Waals surface area contributed by atoms with Crippen molar-refractivity contribution >= 4 is 29.4 Å². The average Bonchev–Trinajstić information content (AvgIpc) is 3.44. The van der Waals surface area contributed by atoms with Crippen LogP contribution < -0.4 is 10.6 Å². The molecule has 0 bridgehead atoms. The molecule has 2 aliphatic rings. The Morgan fingerprint density at radius 3 is 2.65 bits per heavy atom. The summed E-state index contributed by atoms with van der Waals surface area (Å²) in [6, 6.07) is 9.04. The van der Waals surface area contributed by atoms with Crippen LogP contribution in [-0.4, -0.2) is 46.8 Å². The molecule has 2 atom stereocenters. The van der Waals surface area contributed by atoms with Gasteiger partial charge in [0.05, 0.1) is 36.7 Å². The summed E-state index contributed by atoms with van der Waals surface area (Å²) in [5, 5.41) is 6.29. The van der Waals surface area contributed by atoms with E-state index in [1.807, 2.05) is 26.8 Å². The van der Waals surface area contributed by atoms with Gasteiger partial charge in [-0.05, 0) is 43.0 Å². The van der Waals surface area contributed by atoms with E-state index >= 15 is 0 Å². The SMILES string of the molecule is CCN1C(=O)N[C@@H](c2ccccc2Cl)C2=C1CN([C@H](CC(C)C)C(=O)NCc1ccco1)C2=O. The van der Waals surface area contributed by atoms with Gasteiger partial charge in [-0.3, -0.25) is 14.5 Å². The van der Waals surface area contributed by atoms with Crippen LogP contribution in [0.5, 0.6) is 0 Å². The van der Waals surface area contributed by atoms with Gasteiger partial charge in [0.25, 0.3) is 5.91 Å².